The van der Waals surface area contributed by atoms with Crippen LogP contribution in [0.15, 0.2) is 0 Å². The number of hydrogen-bond donors (Lipinski definition) is 1. The molecule has 1 saturated carbocycles. The zero-order chi connectivity index (χ0) is 12.3. The maximum absolute atomic E-state index is 11.5. The van der Waals surface area contributed by atoms with E-state index in [9.17, 15) is 9.59 Å². The van der Waals surface area contributed by atoms with E-state index in [0.29, 0.717) is 19.0 Å². The summed E-state index contributed by atoms with van der Waals surface area (Å²) in [5, 5.41) is 0. The molecule has 0 aromatic carbocycles. The second kappa shape index (κ2) is 5.60. The smallest absolute Gasteiger partial charge is 0.237 e. The molecule has 2 fully saturated rings. The van der Waals surface area contributed by atoms with Crippen LogP contribution in [0.1, 0.15) is 25.7 Å². The van der Waals surface area contributed by atoms with Crippen LogP contribution < -0.4 is 5.73 Å². The molecule has 1 saturated heterocycles. The topological polar surface area (TPSA) is 72.6 Å². The van der Waals surface area contributed by atoms with Gasteiger partial charge < -0.3 is 10.5 Å². The zero-order valence-corrected chi connectivity index (χ0v) is 10.1. The molecule has 1 aliphatic heterocycles. The summed E-state index contributed by atoms with van der Waals surface area (Å²) in [7, 11) is 0. The Balaban J connectivity index is 1.83. The first-order valence-electron chi connectivity index (χ1n) is 6.32. The molecule has 1 aliphatic carbocycles. The number of Topliss-reactive ketones (excluding diaryl/α,β-unsaturated/α-hetero) is 1. The van der Waals surface area contributed by atoms with Crippen LogP contribution in [0.2, 0.25) is 0 Å². The zero-order valence-electron chi connectivity index (χ0n) is 10.1. The number of carbonyl (C=O) groups is 2. The van der Waals surface area contributed by atoms with Crippen LogP contribution in [0.5, 0.6) is 0 Å². The third-order valence-electron chi connectivity index (χ3n) is 3.76. The number of carbonyl (C=O) groups excluding carboxylic acids is 2. The molecule has 0 aromatic heterocycles. The van der Waals surface area contributed by atoms with Crippen LogP contribution in [-0.4, -0.2) is 48.9 Å². The fourth-order valence-corrected chi connectivity index (χ4v) is 2.68. The van der Waals surface area contributed by atoms with Crippen molar-refractivity contribution in [2.45, 2.75) is 31.7 Å². The van der Waals surface area contributed by atoms with Gasteiger partial charge in [-0.1, -0.05) is 0 Å². The van der Waals surface area contributed by atoms with Crippen molar-refractivity contribution < 1.29 is 14.3 Å². The highest BCUT2D eigenvalue weighted by Gasteiger charge is 2.30. The fourth-order valence-electron chi connectivity index (χ4n) is 2.68. The predicted octanol–water partition coefficient (Wildman–Crippen LogP) is -0.0682. The van der Waals surface area contributed by atoms with Crippen molar-refractivity contribution in [1.82, 2.24) is 4.90 Å². The lowest BCUT2D eigenvalue weighted by Crippen LogP contribution is -2.52. The van der Waals surface area contributed by atoms with Gasteiger partial charge in [-0.2, -0.15) is 0 Å². The quantitative estimate of drug-likeness (QED) is 0.746. The molecule has 17 heavy (non-hydrogen) atoms. The summed E-state index contributed by atoms with van der Waals surface area (Å²) in [5.74, 6) is 0.253. The first-order chi connectivity index (χ1) is 8.18. The molecular weight excluding hydrogens is 220 g/mol. The SMILES string of the molecule is NC(=O)C1COCCN1CCC1CCCC1=O. The van der Waals surface area contributed by atoms with Crippen LogP contribution >= 0.6 is 0 Å². The summed E-state index contributed by atoms with van der Waals surface area (Å²) >= 11 is 0. The average molecular weight is 240 g/mol. The Morgan fingerprint density at radius 3 is 3.00 bits per heavy atom. The highest BCUT2D eigenvalue weighted by atomic mass is 16.5. The molecule has 2 atom stereocenters. The monoisotopic (exact) mass is 240 g/mol. The van der Waals surface area contributed by atoms with E-state index in [1.807, 2.05) is 0 Å². The molecule has 0 radical (unpaired) electrons. The van der Waals surface area contributed by atoms with E-state index in [0.717, 1.165) is 38.8 Å². The first kappa shape index (κ1) is 12.5. The Kier molecular flexibility index (Phi) is 4.12. The molecule has 2 N–H and O–H groups in total. The Labute approximate surface area is 101 Å². The largest absolute Gasteiger partial charge is 0.378 e. The Bertz CT molecular complexity index is 306. The molecule has 96 valence electrons. The van der Waals surface area contributed by atoms with E-state index in [1.165, 1.54) is 0 Å². The van der Waals surface area contributed by atoms with E-state index in [2.05, 4.69) is 4.90 Å². The number of ether oxygens (including phenoxy) is 1. The summed E-state index contributed by atoms with van der Waals surface area (Å²) < 4.78 is 5.26. The van der Waals surface area contributed by atoms with Crippen LogP contribution in [0, 0.1) is 5.92 Å². The fraction of sp³-hybridized carbons (Fsp3) is 0.833. The molecule has 0 spiro atoms. The van der Waals surface area contributed by atoms with Gasteiger partial charge in [0.1, 0.15) is 11.8 Å². The third kappa shape index (κ3) is 3.04. The van der Waals surface area contributed by atoms with Crippen LogP contribution in [0.3, 0.4) is 0 Å². The van der Waals surface area contributed by atoms with Gasteiger partial charge in [0.25, 0.3) is 0 Å². The van der Waals surface area contributed by atoms with Crippen molar-refractivity contribution in [3.8, 4) is 0 Å². The molecule has 0 aromatic rings. The van der Waals surface area contributed by atoms with Crippen molar-refractivity contribution in [3.05, 3.63) is 0 Å². The summed E-state index contributed by atoms with van der Waals surface area (Å²) in [6, 6.07) is -0.319. The second-order valence-corrected chi connectivity index (χ2v) is 4.87. The van der Waals surface area contributed by atoms with Gasteiger partial charge in [0.05, 0.1) is 13.2 Å². The molecule has 5 heteroatoms. The molecule has 2 rings (SSSR count). The average Bonchev–Trinajstić information content (AvgIpc) is 2.72. The van der Waals surface area contributed by atoms with E-state index in [-0.39, 0.29) is 17.9 Å². The highest BCUT2D eigenvalue weighted by molar-refractivity contribution is 5.82. The van der Waals surface area contributed by atoms with E-state index in [4.69, 9.17) is 10.5 Å². The summed E-state index contributed by atoms with van der Waals surface area (Å²) in [6.45, 7) is 2.53. The summed E-state index contributed by atoms with van der Waals surface area (Å²) in [5.41, 5.74) is 5.34. The lowest BCUT2D eigenvalue weighted by atomic mass is 10.0. The van der Waals surface area contributed by atoms with Crippen LogP contribution in [-0.2, 0) is 14.3 Å². The number of nitrogens with zero attached hydrogens (tertiary/aromatic N) is 1. The number of ketones is 1. The van der Waals surface area contributed by atoms with Crippen LogP contribution in [0.4, 0.5) is 0 Å². The minimum absolute atomic E-state index is 0.200. The molecule has 1 heterocycles. The van der Waals surface area contributed by atoms with E-state index in [1.54, 1.807) is 0 Å². The molecule has 2 unspecified atom stereocenters. The highest BCUT2D eigenvalue weighted by Crippen LogP contribution is 2.25. The van der Waals surface area contributed by atoms with Gasteiger partial charge >= 0.3 is 0 Å². The molecule has 5 nitrogen and oxygen atoms in total. The van der Waals surface area contributed by atoms with E-state index < -0.39 is 0 Å². The van der Waals surface area contributed by atoms with Gasteiger partial charge in [-0.15, -0.1) is 0 Å². The van der Waals surface area contributed by atoms with Gasteiger partial charge in [-0.05, 0) is 25.8 Å². The van der Waals surface area contributed by atoms with Gasteiger partial charge in [-0.3, -0.25) is 14.5 Å². The minimum Gasteiger partial charge on any atom is -0.378 e. The standard InChI is InChI=1S/C12H20N2O3/c13-12(16)10-8-17-7-6-14(10)5-4-9-2-1-3-11(9)15/h9-10H,1-8H2,(H2,13,16). The van der Waals surface area contributed by atoms with Crippen molar-refractivity contribution in [2.24, 2.45) is 11.7 Å². The maximum Gasteiger partial charge on any atom is 0.237 e. The number of morpholine rings is 1. The second-order valence-electron chi connectivity index (χ2n) is 4.87. The number of rotatable bonds is 4. The van der Waals surface area contributed by atoms with Gasteiger partial charge in [0.2, 0.25) is 5.91 Å². The predicted molar refractivity (Wildman–Crippen MR) is 62.3 cm³/mol. The van der Waals surface area contributed by atoms with Gasteiger partial charge in [0, 0.05) is 18.9 Å². The Morgan fingerprint density at radius 2 is 2.35 bits per heavy atom. The maximum atomic E-state index is 11.5. The Hall–Kier alpha value is -0.940. The third-order valence-corrected chi connectivity index (χ3v) is 3.76. The van der Waals surface area contributed by atoms with Gasteiger partial charge in [-0.25, -0.2) is 0 Å². The number of amides is 1. The lowest BCUT2D eigenvalue weighted by molar-refractivity contribution is -0.129. The van der Waals surface area contributed by atoms with Crippen molar-refractivity contribution in [3.63, 3.8) is 0 Å². The summed E-state index contributed by atoms with van der Waals surface area (Å²) in [4.78, 5) is 24.8. The minimum atomic E-state index is -0.331. The van der Waals surface area contributed by atoms with Crippen molar-refractivity contribution >= 4 is 11.7 Å². The van der Waals surface area contributed by atoms with Gasteiger partial charge in [0.15, 0.2) is 0 Å². The van der Waals surface area contributed by atoms with Crippen molar-refractivity contribution in [2.75, 3.05) is 26.3 Å². The van der Waals surface area contributed by atoms with E-state index >= 15 is 0 Å². The lowest BCUT2D eigenvalue weighted by Gasteiger charge is -2.33. The molecule has 1 amide bonds. The first-order valence-corrected chi connectivity index (χ1v) is 6.32. The molecular formula is C12H20N2O3. The molecule has 2 aliphatic rings. The molecule has 0 bridgehead atoms. The summed E-state index contributed by atoms with van der Waals surface area (Å²) in [6.07, 6.45) is 3.60. The number of hydrogen-bond acceptors (Lipinski definition) is 4. The number of nitrogens with two attached hydrogens (primary N) is 1. The number of primary amides is 1. The van der Waals surface area contributed by atoms with Crippen molar-refractivity contribution in [1.29, 1.82) is 0 Å². The van der Waals surface area contributed by atoms with Crippen LogP contribution in [0.25, 0.3) is 0 Å². The Morgan fingerprint density at radius 1 is 1.53 bits per heavy atom. The normalized spacial score (nSPS) is 30.7.